The molecule has 0 saturated heterocycles. The van der Waals surface area contributed by atoms with Crippen molar-refractivity contribution in [1.82, 2.24) is 19.6 Å². The molecule has 3 aromatic rings. The highest BCUT2D eigenvalue weighted by molar-refractivity contribution is 7.89. The van der Waals surface area contributed by atoms with Gasteiger partial charge in [-0.3, -0.25) is 4.79 Å². The summed E-state index contributed by atoms with van der Waals surface area (Å²) in [6, 6.07) is 11.3. The highest BCUT2D eigenvalue weighted by Crippen LogP contribution is 2.32. The second kappa shape index (κ2) is 7.68. The van der Waals surface area contributed by atoms with Gasteiger partial charge in [-0.05, 0) is 49.0 Å². The average molecular weight is 452 g/mol. The lowest BCUT2D eigenvalue weighted by Crippen LogP contribution is -2.31. The topological polar surface area (TPSA) is 118 Å². The average Bonchev–Trinajstić information content (AvgIpc) is 3.67. The maximum atomic E-state index is 12.8. The van der Waals surface area contributed by atoms with Crippen LogP contribution in [0.2, 0.25) is 0 Å². The Balaban J connectivity index is 1.50. The maximum absolute atomic E-state index is 12.8. The summed E-state index contributed by atoms with van der Waals surface area (Å²) in [5.41, 5.74) is 8.67. The molecule has 5 rings (SSSR count). The van der Waals surface area contributed by atoms with Crippen LogP contribution in [0.1, 0.15) is 31.5 Å². The van der Waals surface area contributed by atoms with Gasteiger partial charge in [-0.15, -0.1) is 0 Å². The van der Waals surface area contributed by atoms with Gasteiger partial charge in [0.15, 0.2) is 0 Å². The summed E-state index contributed by atoms with van der Waals surface area (Å²) < 4.78 is 43.4. The van der Waals surface area contributed by atoms with Gasteiger partial charge < -0.3 is 11.1 Å². The van der Waals surface area contributed by atoms with Crippen molar-refractivity contribution in [3.8, 4) is 22.5 Å². The van der Waals surface area contributed by atoms with Crippen molar-refractivity contribution >= 4 is 21.7 Å². The SMILES string of the molecule is [2H]C1([2H])CNC(=O)c2ccc(-c3nc(-c4ccc(S(=O)(=O)N(C)C5CC5)cc4)cnc3N)cc21. The lowest BCUT2D eigenvalue weighted by Gasteiger charge is -2.17. The van der Waals surface area contributed by atoms with Crippen molar-refractivity contribution < 1.29 is 16.0 Å². The van der Waals surface area contributed by atoms with Crippen LogP contribution in [0, 0.1) is 0 Å². The van der Waals surface area contributed by atoms with Crippen LogP contribution in [0.3, 0.4) is 0 Å². The van der Waals surface area contributed by atoms with E-state index in [1.54, 1.807) is 49.5 Å². The van der Waals surface area contributed by atoms with E-state index in [1.165, 1.54) is 10.5 Å². The van der Waals surface area contributed by atoms with Crippen molar-refractivity contribution in [3.05, 3.63) is 59.8 Å². The molecule has 0 atom stereocenters. The fourth-order valence-corrected chi connectivity index (χ4v) is 5.11. The molecule has 3 N–H and O–H groups in total. The predicted octanol–water partition coefficient (Wildman–Crippen LogP) is 2.46. The van der Waals surface area contributed by atoms with E-state index in [-0.39, 0.29) is 40.3 Å². The molecule has 0 spiro atoms. The summed E-state index contributed by atoms with van der Waals surface area (Å²) in [5.74, 6) is -0.165. The Morgan fingerprint density at radius 1 is 1.16 bits per heavy atom. The molecule has 9 heteroatoms. The van der Waals surface area contributed by atoms with E-state index in [0.717, 1.165) is 12.8 Å². The second-order valence-corrected chi connectivity index (χ2v) is 9.88. The third-order valence-electron chi connectivity index (χ3n) is 5.75. The number of nitrogen functional groups attached to an aromatic ring is 1. The molecule has 1 aromatic heterocycles. The van der Waals surface area contributed by atoms with Crippen LogP contribution in [-0.4, -0.2) is 48.2 Å². The summed E-state index contributed by atoms with van der Waals surface area (Å²) in [6.07, 6.45) is 1.54. The first-order valence-corrected chi connectivity index (χ1v) is 11.7. The van der Waals surface area contributed by atoms with Crippen molar-refractivity contribution in [1.29, 1.82) is 0 Å². The third kappa shape index (κ3) is 3.63. The lowest BCUT2D eigenvalue weighted by atomic mass is 9.96. The van der Waals surface area contributed by atoms with E-state index < -0.39 is 16.4 Å². The van der Waals surface area contributed by atoms with E-state index in [4.69, 9.17) is 8.48 Å². The molecule has 0 bridgehead atoms. The summed E-state index contributed by atoms with van der Waals surface area (Å²) in [4.78, 5) is 21.2. The number of fused-ring (bicyclic) bond motifs is 1. The number of hydrogen-bond donors (Lipinski definition) is 2. The monoisotopic (exact) mass is 451 g/mol. The molecule has 1 aliphatic heterocycles. The highest BCUT2D eigenvalue weighted by atomic mass is 32.2. The molecular formula is C23H23N5O3S. The zero-order chi connectivity index (χ0) is 24.3. The summed E-state index contributed by atoms with van der Waals surface area (Å²) in [6.45, 7) is -0.116. The molecular weight excluding hydrogens is 426 g/mol. The molecule has 0 radical (unpaired) electrons. The highest BCUT2D eigenvalue weighted by Gasteiger charge is 2.35. The number of rotatable bonds is 5. The van der Waals surface area contributed by atoms with Crippen LogP contribution >= 0.6 is 0 Å². The second-order valence-electron chi connectivity index (χ2n) is 7.89. The quantitative estimate of drug-likeness (QED) is 0.615. The number of aromatic nitrogens is 2. The number of amides is 1. The first-order valence-electron chi connectivity index (χ1n) is 11.2. The first kappa shape index (κ1) is 18.3. The van der Waals surface area contributed by atoms with Crippen LogP contribution < -0.4 is 11.1 Å². The number of carbonyl (C=O) groups is 1. The van der Waals surface area contributed by atoms with Crippen molar-refractivity contribution in [2.24, 2.45) is 0 Å². The Morgan fingerprint density at radius 3 is 2.59 bits per heavy atom. The first-order chi connectivity index (χ1) is 16.1. The number of sulfonamides is 1. The van der Waals surface area contributed by atoms with Gasteiger partial charge in [-0.25, -0.2) is 18.4 Å². The minimum Gasteiger partial charge on any atom is -0.382 e. The third-order valence-corrected chi connectivity index (χ3v) is 7.68. The minimum absolute atomic E-state index is 0.0732. The number of hydrogen-bond acceptors (Lipinski definition) is 6. The van der Waals surface area contributed by atoms with Gasteiger partial charge in [0.2, 0.25) is 10.0 Å². The number of nitrogens with two attached hydrogens (primary N) is 1. The number of anilines is 1. The zero-order valence-electron chi connectivity index (χ0n) is 19.4. The Bertz CT molecular complexity index is 1410. The Hall–Kier alpha value is -3.30. The summed E-state index contributed by atoms with van der Waals surface area (Å²) in [7, 11) is -1.95. The fourth-order valence-electron chi connectivity index (χ4n) is 3.70. The number of benzene rings is 2. The van der Waals surface area contributed by atoms with E-state index in [2.05, 4.69) is 15.3 Å². The largest absolute Gasteiger partial charge is 0.382 e. The smallest absolute Gasteiger partial charge is 0.251 e. The van der Waals surface area contributed by atoms with Crippen LogP contribution in [0.4, 0.5) is 5.82 Å². The van der Waals surface area contributed by atoms with Crippen LogP contribution in [0.15, 0.2) is 53.6 Å². The number of nitrogens with one attached hydrogen (secondary N) is 1. The molecule has 1 saturated carbocycles. The van der Waals surface area contributed by atoms with E-state index in [1.807, 2.05) is 0 Å². The fraction of sp³-hybridized carbons (Fsp3) is 0.261. The Labute approximate surface area is 189 Å². The molecule has 1 aliphatic carbocycles. The molecule has 2 aromatic carbocycles. The number of nitrogens with zero attached hydrogens (tertiary/aromatic N) is 3. The van der Waals surface area contributed by atoms with Crippen molar-refractivity contribution in [2.75, 3.05) is 19.3 Å². The van der Waals surface area contributed by atoms with Gasteiger partial charge in [0.05, 0.1) is 16.8 Å². The zero-order valence-corrected chi connectivity index (χ0v) is 18.2. The van der Waals surface area contributed by atoms with E-state index in [9.17, 15) is 13.2 Å². The summed E-state index contributed by atoms with van der Waals surface area (Å²) >= 11 is 0. The number of carbonyl (C=O) groups excluding carboxylic acids is 1. The molecule has 0 unspecified atom stereocenters. The molecule has 2 aliphatic rings. The van der Waals surface area contributed by atoms with Gasteiger partial charge in [0.25, 0.3) is 5.91 Å². The van der Waals surface area contributed by atoms with Gasteiger partial charge in [-0.2, -0.15) is 4.31 Å². The molecule has 164 valence electrons. The molecule has 1 amide bonds. The van der Waals surface area contributed by atoms with Gasteiger partial charge in [0.1, 0.15) is 11.5 Å². The molecule has 2 heterocycles. The van der Waals surface area contributed by atoms with Crippen LogP contribution in [0.25, 0.3) is 22.5 Å². The molecule has 1 fully saturated rings. The van der Waals surface area contributed by atoms with Gasteiger partial charge in [-0.1, -0.05) is 18.2 Å². The lowest BCUT2D eigenvalue weighted by molar-refractivity contribution is 0.0946. The Morgan fingerprint density at radius 2 is 1.88 bits per heavy atom. The summed E-state index contributed by atoms with van der Waals surface area (Å²) in [5, 5.41) is 2.55. The van der Waals surface area contributed by atoms with E-state index >= 15 is 0 Å². The maximum Gasteiger partial charge on any atom is 0.251 e. The van der Waals surface area contributed by atoms with Crippen molar-refractivity contribution in [2.45, 2.75) is 30.2 Å². The van der Waals surface area contributed by atoms with E-state index in [0.29, 0.717) is 22.5 Å². The standard InChI is InChI=1S/C23H23N5O3S/c1-28(17-5-6-17)32(30,31)18-7-2-14(3-8-18)20-13-26-22(24)21(27-20)16-4-9-19-15(12-16)10-11-25-23(19)29/h2-4,7-9,12-13,17H,5-6,10-11H2,1H3,(H2,24,26)(H,25,29)/i10D2. The molecule has 32 heavy (non-hydrogen) atoms. The van der Waals surface area contributed by atoms with Gasteiger partial charge in [0, 0.05) is 39.1 Å². The minimum atomic E-state index is -3.55. The predicted molar refractivity (Wildman–Crippen MR) is 121 cm³/mol. The van der Waals surface area contributed by atoms with Crippen LogP contribution in [0.5, 0.6) is 0 Å². The Kier molecular flexibility index (Phi) is 4.39. The normalized spacial score (nSPS) is 18.5. The molecule has 8 nitrogen and oxygen atoms in total. The van der Waals surface area contributed by atoms with Crippen molar-refractivity contribution in [3.63, 3.8) is 0 Å². The van der Waals surface area contributed by atoms with Crippen LogP contribution in [-0.2, 0) is 16.4 Å². The van der Waals surface area contributed by atoms with Gasteiger partial charge >= 0.3 is 0 Å².